The largest absolute Gasteiger partial charge is 0.280 e. The van der Waals surface area contributed by atoms with Crippen molar-refractivity contribution in [3.8, 4) is 6.07 Å². The highest BCUT2D eigenvalue weighted by atomic mass is 32.2. The molecule has 20 heavy (non-hydrogen) atoms. The lowest BCUT2D eigenvalue weighted by molar-refractivity contribution is 0.600. The molecule has 0 amide bonds. The summed E-state index contributed by atoms with van der Waals surface area (Å²) in [4.78, 5) is 0.257. The van der Waals surface area contributed by atoms with E-state index in [1.807, 2.05) is 19.1 Å². The fraction of sp³-hybridized carbons (Fsp3) is 0.133. The average molecular weight is 286 g/mol. The average Bonchev–Trinajstić information content (AvgIpc) is 2.38. The summed E-state index contributed by atoms with van der Waals surface area (Å²) in [7, 11) is -3.61. The van der Waals surface area contributed by atoms with E-state index >= 15 is 0 Å². The van der Waals surface area contributed by atoms with E-state index in [1.165, 1.54) is 0 Å². The van der Waals surface area contributed by atoms with Gasteiger partial charge in [0, 0.05) is 5.69 Å². The first-order chi connectivity index (χ1) is 9.42. The second-order valence-corrected chi connectivity index (χ2v) is 6.21. The minimum Gasteiger partial charge on any atom is -0.280 e. The van der Waals surface area contributed by atoms with E-state index in [4.69, 9.17) is 5.26 Å². The van der Waals surface area contributed by atoms with Crippen molar-refractivity contribution in [3.05, 3.63) is 59.2 Å². The third-order valence-corrected chi connectivity index (χ3v) is 4.43. The van der Waals surface area contributed by atoms with Crippen LogP contribution in [0.25, 0.3) is 0 Å². The Morgan fingerprint density at radius 1 is 1.05 bits per heavy atom. The minimum absolute atomic E-state index is 0.257. The zero-order valence-electron chi connectivity index (χ0n) is 11.2. The lowest BCUT2D eigenvalue weighted by Gasteiger charge is -2.11. The van der Waals surface area contributed by atoms with E-state index in [2.05, 4.69) is 4.72 Å². The lowest BCUT2D eigenvalue weighted by atomic mass is 10.2. The van der Waals surface area contributed by atoms with Crippen molar-refractivity contribution >= 4 is 15.7 Å². The molecular weight excluding hydrogens is 272 g/mol. The highest BCUT2D eigenvalue weighted by Gasteiger charge is 2.16. The van der Waals surface area contributed by atoms with Gasteiger partial charge in [-0.2, -0.15) is 5.26 Å². The van der Waals surface area contributed by atoms with Gasteiger partial charge in [0.2, 0.25) is 0 Å². The SMILES string of the molecule is Cc1ccc(S(=O)(=O)Nc2ccc(C#N)cc2)c(C)c1. The molecule has 2 aromatic carbocycles. The number of aryl methyl sites for hydroxylation is 2. The first kappa shape index (κ1) is 14.1. The molecule has 4 nitrogen and oxygen atoms in total. The van der Waals surface area contributed by atoms with Crippen LogP contribution in [0.3, 0.4) is 0 Å². The number of sulfonamides is 1. The van der Waals surface area contributed by atoms with Crippen LogP contribution in [0.5, 0.6) is 0 Å². The van der Waals surface area contributed by atoms with Crippen molar-refractivity contribution in [3.63, 3.8) is 0 Å². The van der Waals surface area contributed by atoms with Gasteiger partial charge in [-0.25, -0.2) is 8.42 Å². The van der Waals surface area contributed by atoms with Crippen LogP contribution in [0.15, 0.2) is 47.4 Å². The first-order valence-electron chi connectivity index (χ1n) is 6.02. The summed E-state index contributed by atoms with van der Waals surface area (Å²) < 4.78 is 27.1. The Labute approximate surface area is 118 Å². The molecule has 5 heteroatoms. The Kier molecular flexibility index (Phi) is 3.77. The fourth-order valence-electron chi connectivity index (χ4n) is 1.92. The third-order valence-electron chi connectivity index (χ3n) is 2.89. The minimum atomic E-state index is -3.61. The third kappa shape index (κ3) is 2.98. The Bertz CT molecular complexity index is 773. The van der Waals surface area contributed by atoms with E-state index in [1.54, 1.807) is 43.3 Å². The van der Waals surface area contributed by atoms with Gasteiger partial charge in [0.1, 0.15) is 0 Å². The van der Waals surface area contributed by atoms with Crippen molar-refractivity contribution in [1.82, 2.24) is 0 Å². The van der Waals surface area contributed by atoms with Crippen molar-refractivity contribution in [1.29, 1.82) is 5.26 Å². The van der Waals surface area contributed by atoms with Gasteiger partial charge < -0.3 is 0 Å². The molecule has 0 aliphatic heterocycles. The van der Waals surface area contributed by atoms with Gasteiger partial charge in [-0.15, -0.1) is 0 Å². The maximum Gasteiger partial charge on any atom is 0.262 e. The Hall–Kier alpha value is -2.32. The summed E-state index contributed by atoms with van der Waals surface area (Å²) in [6.45, 7) is 3.68. The molecule has 2 rings (SSSR count). The highest BCUT2D eigenvalue weighted by Crippen LogP contribution is 2.20. The zero-order chi connectivity index (χ0) is 14.8. The molecular formula is C15H14N2O2S. The molecule has 0 bridgehead atoms. The Morgan fingerprint density at radius 3 is 2.25 bits per heavy atom. The number of benzene rings is 2. The molecule has 0 aliphatic carbocycles. The molecule has 0 aromatic heterocycles. The zero-order valence-corrected chi connectivity index (χ0v) is 12.0. The predicted octanol–water partition coefficient (Wildman–Crippen LogP) is 2.98. The summed E-state index contributed by atoms with van der Waals surface area (Å²) in [5, 5.41) is 8.71. The molecule has 0 saturated carbocycles. The molecule has 0 radical (unpaired) electrons. The Morgan fingerprint density at radius 2 is 1.70 bits per heavy atom. The fourth-order valence-corrected chi connectivity index (χ4v) is 3.21. The molecule has 0 heterocycles. The molecule has 0 aliphatic rings. The van der Waals surface area contributed by atoms with Crippen LogP contribution >= 0.6 is 0 Å². The Balaban J connectivity index is 2.33. The van der Waals surface area contributed by atoms with Gasteiger partial charge in [0.15, 0.2) is 0 Å². The molecule has 2 aromatic rings. The van der Waals surface area contributed by atoms with Gasteiger partial charge in [0.25, 0.3) is 10.0 Å². The summed E-state index contributed by atoms with van der Waals surface area (Å²) in [6, 6.07) is 13.4. The number of nitrogens with one attached hydrogen (secondary N) is 1. The smallest absolute Gasteiger partial charge is 0.262 e. The van der Waals surface area contributed by atoms with Crippen molar-refractivity contribution in [2.45, 2.75) is 18.7 Å². The van der Waals surface area contributed by atoms with Crippen LogP contribution in [0.4, 0.5) is 5.69 Å². The number of nitriles is 1. The van der Waals surface area contributed by atoms with Crippen molar-refractivity contribution < 1.29 is 8.42 Å². The van der Waals surface area contributed by atoms with Crippen molar-refractivity contribution in [2.75, 3.05) is 4.72 Å². The van der Waals surface area contributed by atoms with E-state index in [-0.39, 0.29) is 4.90 Å². The monoisotopic (exact) mass is 286 g/mol. The highest BCUT2D eigenvalue weighted by molar-refractivity contribution is 7.92. The first-order valence-corrected chi connectivity index (χ1v) is 7.51. The topological polar surface area (TPSA) is 70.0 Å². The van der Waals surface area contributed by atoms with Gasteiger partial charge in [0.05, 0.1) is 16.5 Å². The number of hydrogen-bond acceptors (Lipinski definition) is 3. The number of hydrogen-bond donors (Lipinski definition) is 1. The molecule has 0 atom stereocenters. The summed E-state index contributed by atoms with van der Waals surface area (Å²) in [5.74, 6) is 0. The maximum absolute atomic E-state index is 12.3. The summed E-state index contributed by atoms with van der Waals surface area (Å²) in [6.07, 6.45) is 0. The number of anilines is 1. The van der Waals surface area contributed by atoms with Crippen LogP contribution in [-0.2, 0) is 10.0 Å². The molecule has 0 fully saturated rings. The molecule has 102 valence electrons. The van der Waals surface area contributed by atoms with Gasteiger partial charge >= 0.3 is 0 Å². The van der Waals surface area contributed by atoms with E-state index in [9.17, 15) is 8.42 Å². The van der Waals surface area contributed by atoms with Crippen molar-refractivity contribution in [2.24, 2.45) is 0 Å². The molecule has 1 N–H and O–H groups in total. The van der Waals surface area contributed by atoms with E-state index in [0.29, 0.717) is 16.8 Å². The second-order valence-electron chi connectivity index (χ2n) is 4.56. The van der Waals surface area contributed by atoms with Crippen LogP contribution < -0.4 is 4.72 Å². The predicted molar refractivity (Wildman–Crippen MR) is 77.9 cm³/mol. The summed E-state index contributed by atoms with van der Waals surface area (Å²) in [5.41, 5.74) is 2.63. The van der Waals surface area contributed by atoms with E-state index < -0.39 is 10.0 Å². The lowest BCUT2D eigenvalue weighted by Crippen LogP contribution is -2.14. The van der Waals surface area contributed by atoms with Crippen LogP contribution in [-0.4, -0.2) is 8.42 Å². The molecule has 0 spiro atoms. The van der Waals surface area contributed by atoms with Gasteiger partial charge in [-0.1, -0.05) is 17.7 Å². The number of rotatable bonds is 3. The van der Waals surface area contributed by atoms with E-state index in [0.717, 1.165) is 5.56 Å². The van der Waals surface area contributed by atoms with Gasteiger partial charge in [-0.05, 0) is 49.7 Å². The maximum atomic E-state index is 12.3. The second kappa shape index (κ2) is 5.35. The van der Waals surface area contributed by atoms with Crippen LogP contribution in [0.2, 0.25) is 0 Å². The van der Waals surface area contributed by atoms with Crippen LogP contribution in [0, 0.1) is 25.2 Å². The molecule has 0 unspecified atom stereocenters. The van der Waals surface area contributed by atoms with Crippen LogP contribution in [0.1, 0.15) is 16.7 Å². The number of nitrogens with zero attached hydrogens (tertiary/aromatic N) is 1. The van der Waals surface area contributed by atoms with Gasteiger partial charge in [-0.3, -0.25) is 4.72 Å². The quantitative estimate of drug-likeness (QED) is 0.943. The standard InChI is InChI=1S/C15H14N2O2S/c1-11-3-8-15(12(2)9-11)20(18,19)17-14-6-4-13(10-16)5-7-14/h3-9,17H,1-2H3. The normalized spacial score (nSPS) is 10.8. The molecule has 0 saturated heterocycles. The summed E-state index contributed by atoms with van der Waals surface area (Å²) >= 11 is 0.